The summed E-state index contributed by atoms with van der Waals surface area (Å²) in [5.41, 5.74) is 1.97. The summed E-state index contributed by atoms with van der Waals surface area (Å²) in [4.78, 5) is 2.42. The Bertz CT molecular complexity index is 1640. The van der Waals surface area contributed by atoms with Crippen molar-refractivity contribution in [3.05, 3.63) is 48.2 Å². The number of alkyl halides is 3. The number of nitrogens with one attached hydrogen (secondary N) is 2. The van der Waals surface area contributed by atoms with E-state index in [-0.39, 0.29) is 28.9 Å². The van der Waals surface area contributed by atoms with Crippen molar-refractivity contribution in [1.29, 1.82) is 0 Å². The van der Waals surface area contributed by atoms with Crippen molar-refractivity contribution in [2.75, 3.05) is 44.5 Å². The molecule has 2 aromatic carbocycles. The summed E-state index contributed by atoms with van der Waals surface area (Å²) in [5.74, 6) is 6.03. The number of hydrogen-bond donors (Lipinski definition) is 3. The van der Waals surface area contributed by atoms with E-state index >= 15 is 0 Å². The van der Waals surface area contributed by atoms with Crippen molar-refractivity contribution in [1.82, 2.24) is 9.47 Å². The molecule has 2 heterocycles. The summed E-state index contributed by atoms with van der Waals surface area (Å²) in [6.07, 6.45) is 1.05. The van der Waals surface area contributed by atoms with Gasteiger partial charge in [0, 0.05) is 49.4 Å². The lowest BCUT2D eigenvalue weighted by Crippen LogP contribution is -2.39. The second kappa shape index (κ2) is 13.3. The average molecular weight is 634 g/mol. The first kappa shape index (κ1) is 32.0. The zero-order valence-corrected chi connectivity index (χ0v) is 25.6. The highest BCUT2D eigenvalue weighted by atomic mass is 32.2. The van der Waals surface area contributed by atoms with E-state index in [4.69, 9.17) is 14.6 Å². The van der Waals surface area contributed by atoms with Crippen LogP contribution >= 0.6 is 0 Å². The van der Waals surface area contributed by atoms with Crippen LogP contribution in [0.3, 0.4) is 0 Å². The van der Waals surface area contributed by atoms with Crippen LogP contribution in [0.15, 0.2) is 47.4 Å². The van der Waals surface area contributed by atoms with Gasteiger partial charge in [-0.05, 0) is 68.4 Å². The van der Waals surface area contributed by atoms with Crippen LogP contribution in [0.4, 0.5) is 24.5 Å². The predicted octanol–water partition coefficient (Wildman–Crippen LogP) is 4.77. The highest BCUT2D eigenvalue weighted by Crippen LogP contribution is 2.33. The van der Waals surface area contributed by atoms with Gasteiger partial charge in [0.05, 0.1) is 41.6 Å². The molecule has 13 heteroatoms. The quantitative estimate of drug-likeness (QED) is 0.292. The molecule has 1 saturated heterocycles. The van der Waals surface area contributed by atoms with E-state index in [1.165, 1.54) is 29.9 Å². The van der Waals surface area contributed by atoms with Gasteiger partial charge in [0.1, 0.15) is 12.3 Å². The second-order valence-corrected chi connectivity index (χ2v) is 12.9. The first-order valence-electron chi connectivity index (χ1n) is 14.6. The molecule has 1 aliphatic heterocycles. The molecule has 44 heavy (non-hydrogen) atoms. The monoisotopic (exact) mass is 633 g/mol. The molecule has 1 atom stereocenters. The first-order chi connectivity index (χ1) is 20.9. The summed E-state index contributed by atoms with van der Waals surface area (Å²) in [6, 6.07) is 12.0. The van der Waals surface area contributed by atoms with Gasteiger partial charge in [0.25, 0.3) is 0 Å². The molecule has 5 rings (SSSR count). The van der Waals surface area contributed by atoms with E-state index in [2.05, 4.69) is 27.4 Å². The largest absolute Gasteiger partial charge is 0.495 e. The van der Waals surface area contributed by atoms with Crippen molar-refractivity contribution < 1.29 is 31.1 Å². The molecule has 4 N–H and O–H groups in total. The molecule has 238 valence electrons. The average Bonchev–Trinajstić information content (AvgIpc) is 3.60. The van der Waals surface area contributed by atoms with Crippen LogP contribution in [0.2, 0.25) is 0 Å². The molecule has 1 saturated carbocycles. The number of sulfonamides is 1. The van der Waals surface area contributed by atoms with Gasteiger partial charge >= 0.3 is 6.18 Å². The summed E-state index contributed by atoms with van der Waals surface area (Å²) < 4.78 is 76.2. The second-order valence-electron chi connectivity index (χ2n) is 11.3. The predicted molar refractivity (Wildman–Crippen MR) is 164 cm³/mol. The van der Waals surface area contributed by atoms with Crippen LogP contribution in [-0.2, 0) is 21.3 Å². The lowest BCUT2D eigenvalue weighted by atomic mass is 9.90. The third-order valence-electron chi connectivity index (χ3n) is 8.45. The number of nitrogens with zero attached hydrogens (tertiary/aromatic N) is 2. The maximum atomic E-state index is 13.6. The fourth-order valence-corrected chi connectivity index (χ4v) is 6.74. The van der Waals surface area contributed by atoms with Gasteiger partial charge in [-0.2, -0.15) is 13.2 Å². The van der Waals surface area contributed by atoms with Crippen LogP contribution in [0.5, 0.6) is 5.75 Å². The number of nitrogens with two attached hydrogens (primary N) is 1. The van der Waals surface area contributed by atoms with Crippen LogP contribution in [0, 0.1) is 11.8 Å². The molecule has 2 fully saturated rings. The number of primary sulfonamides is 1. The number of anilines is 2. The molecule has 1 unspecified atom stereocenters. The normalized spacial score (nSPS) is 21.2. The Balaban J connectivity index is 1.31. The smallest absolute Gasteiger partial charge is 0.406 e. The molecule has 9 nitrogen and oxygen atoms in total. The van der Waals surface area contributed by atoms with Gasteiger partial charge in [-0.1, -0.05) is 12.0 Å². The Morgan fingerprint density at radius 2 is 1.82 bits per heavy atom. The van der Waals surface area contributed by atoms with Crippen molar-refractivity contribution in [2.24, 2.45) is 5.14 Å². The number of fused-ring (bicyclic) bond motifs is 1. The molecule has 1 aliphatic carbocycles. The number of methoxy groups -OCH3 is 2. The first-order valence-corrected chi connectivity index (χ1v) is 16.2. The molecule has 0 radical (unpaired) electrons. The molecule has 0 spiro atoms. The van der Waals surface area contributed by atoms with Crippen LogP contribution in [-0.4, -0.2) is 76.1 Å². The minimum absolute atomic E-state index is 0.0785. The molecule has 0 amide bonds. The third kappa shape index (κ3) is 7.61. The Labute approximate surface area is 255 Å². The molecule has 1 aromatic heterocycles. The maximum absolute atomic E-state index is 13.6. The van der Waals surface area contributed by atoms with E-state index in [0.29, 0.717) is 28.7 Å². The van der Waals surface area contributed by atoms with Crippen molar-refractivity contribution in [2.45, 2.75) is 67.9 Å². The number of ether oxygens (including phenoxy) is 2. The van der Waals surface area contributed by atoms with Gasteiger partial charge in [0.2, 0.25) is 10.0 Å². The summed E-state index contributed by atoms with van der Waals surface area (Å²) in [7, 11) is -0.757. The van der Waals surface area contributed by atoms with Crippen LogP contribution in [0.25, 0.3) is 10.9 Å². The highest BCUT2D eigenvalue weighted by Gasteiger charge is 2.32. The number of likely N-dealkylation sites (tertiary alicyclic amines) is 1. The highest BCUT2D eigenvalue weighted by molar-refractivity contribution is 7.89. The lowest BCUT2D eigenvalue weighted by molar-refractivity contribution is -0.140. The number of rotatable bonds is 9. The van der Waals surface area contributed by atoms with Gasteiger partial charge in [-0.3, -0.25) is 4.90 Å². The Morgan fingerprint density at radius 1 is 1.05 bits per heavy atom. The van der Waals surface area contributed by atoms with E-state index in [0.717, 1.165) is 50.9 Å². The summed E-state index contributed by atoms with van der Waals surface area (Å²) in [5, 5.41) is 12.5. The Hall–Kier alpha value is -3.44. The molecular weight excluding hydrogens is 595 g/mol. The van der Waals surface area contributed by atoms with E-state index in [1.807, 2.05) is 6.07 Å². The number of benzene rings is 2. The Morgan fingerprint density at radius 3 is 2.48 bits per heavy atom. The number of hydrogen-bond acceptors (Lipinski definition) is 7. The van der Waals surface area contributed by atoms with Crippen LogP contribution in [0.1, 0.15) is 37.8 Å². The van der Waals surface area contributed by atoms with Crippen LogP contribution < -0.4 is 20.5 Å². The molecule has 2 aliphatic rings. The minimum atomic E-state index is -4.43. The fraction of sp³-hybridized carbons (Fsp3) is 0.484. The topological polar surface area (TPSA) is 111 Å². The minimum Gasteiger partial charge on any atom is -0.495 e. The SMILES string of the molecule is COc1cc(S(N)(=O)=O)ccc1NCC#Cc1cc2c(N[C@H]3CC[C@@H](N4CCC(OC)C4)CC3)cccc2n1CC(F)(F)F. The van der Waals surface area contributed by atoms with Crippen molar-refractivity contribution in [3.63, 3.8) is 0 Å². The van der Waals surface area contributed by atoms with E-state index in [9.17, 15) is 21.6 Å². The van der Waals surface area contributed by atoms with Gasteiger partial charge in [-0.25, -0.2) is 13.6 Å². The summed E-state index contributed by atoms with van der Waals surface area (Å²) in [6.45, 7) is 0.951. The zero-order valence-electron chi connectivity index (χ0n) is 24.8. The van der Waals surface area contributed by atoms with E-state index < -0.39 is 22.7 Å². The number of halogens is 3. The summed E-state index contributed by atoms with van der Waals surface area (Å²) >= 11 is 0. The van der Waals surface area contributed by atoms with Crippen molar-refractivity contribution in [3.8, 4) is 17.6 Å². The van der Waals surface area contributed by atoms with Gasteiger partial charge < -0.3 is 24.7 Å². The number of aromatic nitrogens is 1. The molecule has 3 aromatic rings. The third-order valence-corrected chi connectivity index (χ3v) is 9.36. The van der Waals surface area contributed by atoms with E-state index in [1.54, 1.807) is 25.3 Å². The zero-order chi connectivity index (χ0) is 31.5. The Kier molecular flexibility index (Phi) is 9.65. The van der Waals surface area contributed by atoms with Gasteiger partial charge in [0.15, 0.2) is 0 Å². The van der Waals surface area contributed by atoms with Crippen molar-refractivity contribution >= 4 is 32.3 Å². The molecule has 0 bridgehead atoms. The standard InChI is InChI=1S/C31H38F3N5O4S/c1-42-24-14-16-38(19-24)22-10-8-21(9-11-22)37-27-6-3-7-29-26(27)17-23(39(29)20-31(32,33)34)5-4-15-36-28-13-12-25(44(35,40)41)18-30(28)43-2/h3,6-7,12-13,17-18,21-22,24,36-37H,8-11,14-16,19-20H2,1-2H3,(H2,35,40,41)/t21-,22+,24?. The maximum Gasteiger partial charge on any atom is 0.406 e. The lowest BCUT2D eigenvalue weighted by Gasteiger charge is -2.35. The van der Waals surface area contributed by atoms with Gasteiger partial charge in [-0.15, -0.1) is 0 Å². The molecular formula is C31H38F3N5O4S. The fourth-order valence-electron chi connectivity index (χ4n) is 6.22.